The van der Waals surface area contributed by atoms with E-state index in [1.54, 1.807) is 6.07 Å². The zero-order valence-electron chi connectivity index (χ0n) is 15.4. The van der Waals surface area contributed by atoms with Crippen LogP contribution in [0.5, 0.6) is 5.75 Å². The fourth-order valence-corrected chi connectivity index (χ4v) is 3.88. The second kappa shape index (κ2) is 6.76. The first-order valence-corrected chi connectivity index (χ1v) is 9.36. The van der Waals surface area contributed by atoms with Crippen LogP contribution >= 0.6 is 0 Å². The molecule has 1 saturated heterocycles. The second-order valence-corrected chi connectivity index (χ2v) is 7.81. The van der Waals surface area contributed by atoms with Crippen molar-refractivity contribution in [1.29, 1.82) is 0 Å². The number of piperidine rings is 1. The molecule has 1 fully saturated rings. The Bertz CT molecular complexity index is 793. The lowest BCUT2D eigenvalue weighted by Crippen LogP contribution is -2.41. The SMILES string of the molecule is CC1(C)CC(NC(=O)c2ccn(C3CCCNC3)n2)c2ccccc2O1. The maximum absolute atomic E-state index is 12.8. The van der Waals surface area contributed by atoms with Gasteiger partial charge in [-0.05, 0) is 45.4 Å². The number of rotatable bonds is 3. The number of hydrogen-bond donors (Lipinski definition) is 2. The lowest BCUT2D eigenvalue weighted by atomic mass is 9.89. The van der Waals surface area contributed by atoms with E-state index in [0.29, 0.717) is 11.7 Å². The van der Waals surface area contributed by atoms with Gasteiger partial charge in [-0.1, -0.05) is 18.2 Å². The van der Waals surface area contributed by atoms with Gasteiger partial charge >= 0.3 is 0 Å². The molecule has 6 heteroatoms. The fraction of sp³-hybridized carbons (Fsp3) is 0.500. The van der Waals surface area contributed by atoms with Crippen molar-refractivity contribution in [3.05, 3.63) is 47.8 Å². The zero-order valence-corrected chi connectivity index (χ0v) is 15.4. The monoisotopic (exact) mass is 354 g/mol. The Balaban J connectivity index is 1.50. The van der Waals surface area contributed by atoms with Gasteiger partial charge in [-0.15, -0.1) is 0 Å². The Kier molecular flexibility index (Phi) is 4.44. The first kappa shape index (κ1) is 17.1. The van der Waals surface area contributed by atoms with Gasteiger partial charge in [0.05, 0.1) is 12.1 Å². The van der Waals surface area contributed by atoms with E-state index >= 15 is 0 Å². The predicted molar refractivity (Wildman–Crippen MR) is 99.3 cm³/mol. The Morgan fingerprint density at radius 1 is 1.35 bits per heavy atom. The molecule has 2 aliphatic rings. The highest BCUT2D eigenvalue weighted by molar-refractivity contribution is 5.92. The Morgan fingerprint density at radius 3 is 3.00 bits per heavy atom. The summed E-state index contributed by atoms with van der Waals surface area (Å²) in [7, 11) is 0. The first-order valence-electron chi connectivity index (χ1n) is 9.36. The summed E-state index contributed by atoms with van der Waals surface area (Å²) in [5, 5.41) is 11.1. The van der Waals surface area contributed by atoms with E-state index in [9.17, 15) is 4.79 Å². The zero-order chi connectivity index (χ0) is 18.1. The van der Waals surface area contributed by atoms with Crippen LogP contribution in [0, 0.1) is 0 Å². The molecule has 6 nitrogen and oxygen atoms in total. The number of carbonyl (C=O) groups excluding carboxylic acids is 1. The Labute approximate surface area is 153 Å². The van der Waals surface area contributed by atoms with Gasteiger partial charge in [0.2, 0.25) is 0 Å². The third-order valence-corrected chi connectivity index (χ3v) is 5.17. The summed E-state index contributed by atoms with van der Waals surface area (Å²) in [5.41, 5.74) is 1.17. The number of benzene rings is 1. The maximum atomic E-state index is 12.8. The van der Waals surface area contributed by atoms with Gasteiger partial charge < -0.3 is 15.4 Å². The van der Waals surface area contributed by atoms with Crippen molar-refractivity contribution in [2.45, 2.75) is 50.8 Å². The number of ether oxygens (including phenoxy) is 1. The van der Waals surface area contributed by atoms with Gasteiger partial charge in [0.25, 0.3) is 5.91 Å². The normalized spacial score (nSPS) is 24.4. The highest BCUT2D eigenvalue weighted by Crippen LogP contribution is 2.39. The Hall–Kier alpha value is -2.34. The van der Waals surface area contributed by atoms with E-state index in [2.05, 4.69) is 15.7 Å². The number of fused-ring (bicyclic) bond motifs is 1. The van der Waals surface area contributed by atoms with E-state index in [1.807, 2.05) is 49.0 Å². The molecule has 2 N–H and O–H groups in total. The van der Waals surface area contributed by atoms with Crippen LogP contribution in [-0.4, -0.2) is 34.4 Å². The largest absolute Gasteiger partial charge is 0.487 e. The van der Waals surface area contributed by atoms with Gasteiger partial charge in [0, 0.05) is 24.7 Å². The average Bonchev–Trinajstić information content (AvgIpc) is 3.12. The number of carbonyl (C=O) groups is 1. The third-order valence-electron chi connectivity index (χ3n) is 5.17. The Morgan fingerprint density at radius 2 is 2.19 bits per heavy atom. The predicted octanol–water partition coefficient (Wildman–Crippen LogP) is 2.84. The molecule has 0 spiro atoms. The maximum Gasteiger partial charge on any atom is 0.272 e. The van der Waals surface area contributed by atoms with Crippen LogP contribution in [0.3, 0.4) is 0 Å². The minimum absolute atomic E-state index is 0.0797. The third kappa shape index (κ3) is 3.46. The topological polar surface area (TPSA) is 68.2 Å². The minimum Gasteiger partial charge on any atom is -0.487 e. The smallest absolute Gasteiger partial charge is 0.272 e. The molecule has 1 aromatic heterocycles. The highest BCUT2D eigenvalue weighted by atomic mass is 16.5. The molecule has 0 saturated carbocycles. The quantitative estimate of drug-likeness (QED) is 0.889. The van der Waals surface area contributed by atoms with E-state index in [-0.39, 0.29) is 17.6 Å². The molecule has 2 aromatic rings. The standard InChI is InChI=1S/C20H26N4O2/c1-20(2)12-17(15-7-3-4-8-18(15)26-20)22-19(25)16-9-11-24(23-16)14-6-5-10-21-13-14/h3-4,7-9,11,14,17,21H,5-6,10,12-13H2,1-2H3,(H,22,25). The number of amides is 1. The molecule has 26 heavy (non-hydrogen) atoms. The summed E-state index contributed by atoms with van der Waals surface area (Å²) in [4.78, 5) is 12.8. The first-order chi connectivity index (χ1) is 12.5. The van der Waals surface area contributed by atoms with Crippen molar-refractivity contribution in [3.8, 4) is 5.75 Å². The molecule has 3 heterocycles. The van der Waals surface area contributed by atoms with E-state index in [4.69, 9.17) is 4.74 Å². The average molecular weight is 354 g/mol. The van der Waals surface area contributed by atoms with Gasteiger partial charge in [-0.2, -0.15) is 5.10 Å². The lowest BCUT2D eigenvalue weighted by Gasteiger charge is -2.37. The molecule has 1 aromatic carbocycles. The van der Waals surface area contributed by atoms with Crippen LogP contribution in [-0.2, 0) is 0 Å². The van der Waals surface area contributed by atoms with Crippen LogP contribution < -0.4 is 15.4 Å². The van der Waals surface area contributed by atoms with Crippen LogP contribution in [0.25, 0.3) is 0 Å². The molecule has 2 unspecified atom stereocenters. The molecule has 1 amide bonds. The molecule has 2 atom stereocenters. The van der Waals surface area contributed by atoms with Gasteiger partial charge in [0.15, 0.2) is 0 Å². The molecule has 0 radical (unpaired) electrons. The summed E-state index contributed by atoms with van der Waals surface area (Å²) < 4.78 is 7.96. The van der Waals surface area contributed by atoms with Crippen LogP contribution in [0.4, 0.5) is 0 Å². The summed E-state index contributed by atoms with van der Waals surface area (Å²) in [6.45, 7) is 6.06. The number of nitrogens with zero attached hydrogens (tertiary/aromatic N) is 2. The van der Waals surface area contributed by atoms with E-state index < -0.39 is 0 Å². The molecule has 2 aliphatic heterocycles. The highest BCUT2D eigenvalue weighted by Gasteiger charge is 2.34. The summed E-state index contributed by atoms with van der Waals surface area (Å²) >= 11 is 0. The van der Waals surface area contributed by atoms with E-state index in [1.165, 1.54) is 0 Å². The van der Waals surface area contributed by atoms with Crippen molar-refractivity contribution in [3.63, 3.8) is 0 Å². The van der Waals surface area contributed by atoms with Crippen molar-refractivity contribution in [2.24, 2.45) is 0 Å². The molecular weight excluding hydrogens is 328 g/mol. The summed E-state index contributed by atoms with van der Waals surface area (Å²) in [5.74, 6) is 0.706. The van der Waals surface area contributed by atoms with Crippen molar-refractivity contribution < 1.29 is 9.53 Å². The molecular formula is C20H26N4O2. The van der Waals surface area contributed by atoms with Gasteiger partial charge in [-0.3, -0.25) is 9.48 Å². The fourth-order valence-electron chi connectivity index (χ4n) is 3.88. The van der Waals surface area contributed by atoms with Gasteiger partial charge in [0.1, 0.15) is 17.0 Å². The lowest BCUT2D eigenvalue weighted by molar-refractivity contribution is 0.0618. The minimum atomic E-state index is -0.320. The second-order valence-electron chi connectivity index (χ2n) is 7.81. The van der Waals surface area contributed by atoms with Gasteiger partial charge in [-0.25, -0.2) is 0 Å². The van der Waals surface area contributed by atoms with Crippen molar-refractivity contribution in [2.75, 3.05) is 13.1 Å². The summed E-state index contributed by atoms with van der Waals surface area (Å²) in [6, 6.07) is 9.96. The van der Waals surface area contributed by atoms with Crippen LogP contribution in [0.2, 0.25) is 0 Å². The van der Waals surface area contributed by atoms with Crippen molar-refractivity contribution >= 4 is 5.91 Å². The number of nitrogens with one attached hydrogen (secondary N) is 2. The van der Waals surface area contributed by atoms with Crippen molar-refractivity contribution in [1.82, 2.24) is 20.4 Å². The number of hydrogen-bond acceptors (Lipinski definition) is 4. The molecule has 0 bridgehead atoms. The number of para-hydroxylation sites is 1. The number of aromatic nitrogens is 2. The summed E-state index contributed by atoms with van der Waals surface area (Å²) in [6.07, 6.45) is 4.87. The molecule has 4 rings (SSSR count). The van der Waals surface area contributed by atoms with Crippen LogP contribution in [0.1, 0.15) is 61.2 Å². The van der Waals surface area contributed by atoms with Crippen LogP contribution in [0.15, 0.2) is 36.5 Å². The molecule has 138 valence electrons. The van der Waals surface area contributed by atoms with E-state index in [0.717, 1.165) is 43.7 Å². The molecule has 0 aliphatic carbocycles.